The van der Waals surface area contributed by atoms with Crippen LogP contribution in [0.25, 0.3) is 0 Å². The Balaban J connectivity index is 3.78. The van der Waals surface area contributed by atoms with Crippen molar-refractivity contribution in [1.29, 1.82) is 0 Å². The van der Waals surface area contributed by atoms with Crippen molar-refractivity contribution >= 4 is 0 Å². The fourth-order valence-electron chi connectivity index (χ4n) is 1.20. The minimum atomic E-state index is -0.428. The van der Waals surface area contributed by atoms with Gasteiger partial charge in [0.2, 0.25) is 0 Å². The molecule has 0 aromatic carbocycles. The van der Waals surface area contributed by atoms with Crippen molar-refractivity contribution in [2.24, 2.45) is 14.1 Å². The van der Waals surface area contributed by atoms with Gasteiger partial charge in [0.25, 0.3) is 5.56 Å². The van der Waals surface area contributed by atoms with E-state index in [1.165, 1.54) is 11.6 Å². The average Bonchev–Trinajstić information content (AvgIpc) is 2.13. The molecule has 13 heavy (non-hydrogen) atoms. The van der Waals surface area contributed by atoms with Crippen molar-refractivity contribution < 1.29 is 5.11 Å². The topological polar surface area (TPSA) is 64.2 Å². The molecule has 0 saturated carbocycles. The van der Waals surface area contributed by atoms with Crippen LogP contribution in [0.4, 0.5) is 0 Å². The van der Waals surface area contributed by atoms with Crippen molar-refractivity contribution in [1.82, 2.24) is 9.13 Å². The molecule has 0 radical (unpaired) electrons. The first kappa shape index (κ1) is 9.73. The lowest BCUT2D eigenvalue weighted by atomic mass is 10.2. The fourth-order valence-corrected chi connectivity index (χ4v) is 1.20. The molecule has 0 atom stereocenters. The Bertz CT molecular complexity index is 442. The molecule has 0 bridgehead atoms. The molecule has 1 aromatic rings. The zero-order chi connectivity index (χ0) is 10.2. The van der Waals surface area contributed by atoms with Crippen LogP contribution in [0.5, 0.6) is 0 Å². The number of hydrogen-bond donors (Lipinski definition) is 1. The lowest BCUT2D eigenvalue weighted by molar-refractivity contribution is 0.276. The maximum Gasteiger partial charge on any atom is 0.330 e. The number of rotatable bonds is 1. The lowest BCUT2D eigenvalue weighted by Gasteiger charge is -2.09. The van der Waals surface area contributed by atoms with E-state index in [1.807, 2.05) is 0 Å². The summed E-state index contributed by atoms with van der Waals surface area (Å²) in [5, 5.41) is 8.91. The molecule has 0 aliphatic carbocycles. The molecule has 1 N–H and O–H groups in total. The van der Waals surface area contributed by atoms with Gasteiger partial charge in [0.05, 0.1) is 12.2 Å². The number of aliphatic hydroxyl groups is 1. The molecule has 0 unspecified atom stereocenters. The van der Waals surface area contributed by atoms with Crippen LogP contribution in [-0.2, 0) is 20.7 Å². The molecular formula is C8H12N2O3. The molecule has 5 heteroatoms. The predicted octanol–water partition coefficient (Wildman–Crippen LogP) is -1.12. The third-order valence-electron chi connectivity index (χ3n) is 2.23. The largest absolute Gasteiger partial charge is 0.391 e. The normalized spacial score (nSPS) is 10.5. The van der Waals surface area contributed by atoms with E-state index in [9.17, 15) is 9.59 Å². The lowest BCUT2D eigenvalue weighted by Crippen LogP contribution is -2.40. The zero-order valence-corrected chi connectivity index (χ0v) is 7.87. The molecule has 0 amide bonds. The van der Waals surface area contributed by atoms with Gasteiger partial charge in [-0.15, -0.1) is 0 Å². The van der Waals surface area contributed by atoms with Crippen molar-refractivity contribution in [2.75, 3.05) is 0 Å². The molecule has 5 nitrogen and oxygen atoms in total. The van der Waals surface area contributed by atoms with E-state index in [0.717, 1.165) is 4.57 Å². The highest BCUT2D eigenvalue weighted by molar-refractivity contribution is 5.15. The summed E-state index contributed by atoms with van der Waals surface area (Å²) in [7, 11) is 2.96. The minimum absolute atomic E-state index is 0.268. The van der Waals surface area contributed by atoms with Gasteiger partial charge in [-0.3, -0.25) is 9.36 Å². The Morgan fingerprint density at radius 3 is 2.23 bits per heavy atom. The van der Waals surface area contributed by atoms with E-state index in [2.05, 4.69) is 0 Å². The number of aromatic nitrogens is 2. The van der Waals surface area contributed by atoms with Gasteiger partial charge in [-0.2, -0.15) is 0 Å². The Hall–Kier alpha value is -1.36. The molecule has 0 aliphatic rings. The number of nitrogens with zero attached hydrogens (tertiary/aromatic N) is 2. The first-order valence-corrected chi connectivity index (χ1v) is 3.87. The standard InChI is InChI=1S/C8H12N2O3/c1-5-6(4-11)7(12)10(3)8(13)9(5)2/h11H,4H2,1-3H3. The van der Waals surface area contributed by atoms with E-state index in [4.69, 9.17) is 5.11 Å². The highest BCUT2D eigenvalue weighted by atomic mass is 16.3. The van der Waals surface area contributed by atoms with Gasteiger partial charge < -0.3 is 9.67 Å². The van der Waals surface area contributed by atoms with Crippen LogP contribution in [0, 0.1) is 6.92 Å². The summed E-state index contributed by atoms with van der Waals surface area (Å²) in [4.78, 5) is 22.7. The second-order valence-corrected chi connectivity index (χ2v) is 2.93. The number of hydrogen-bond acceptors (Lipinski definition) is 3. The van der Waals surface area contributed by atoms with Crippen LogP contribution < -0.4 is 11.2 Å². The summed E-state index contributed by atoms with van der Waals surface area (Å²) in [5.74, 6) is 0. The molecule has 72 valence electrons. The molecule has 1 rings (SSSR count). The Labute approximate surface area is 74.9 Å². The molecule has 1 heterocycles. The summed E-state index contributed by atoms with van der Waals surface area (Å²) in [5.41, 5.74) is -0.0250. The summed E-state index contributed by atoms with van der Waals surface area (Å²) in [6.45, 7) is 1.29. The van der Waals surface area contributed by atoms with Crippen molar-refractivity contribution in [3.05, 3.63) is 32.1 Å². The molecule has 0 fully saturated rings. The van der Waals surface area contributed by atoms with Crippen LogP contribution >= 0.6 is 0 Å². The maximum absolute atomic E-state index is 11.4. The number of aliphatic hydroxyl groups excluding tert-OH is 1. The van der Waals surface area contributed by atoms with Gasteiger partial charge in [0.1, 0.15) is 0 Å². The van der Waals surface area contributed by atoms with Gasteiger partial charge in [-0.05, 0) is 6.92 Å². The summed E-state index contributed by atoms with van der Waals surface area (Å²) < 4.78 is 2.32. The maximum atomic E-state index is 11.4. The quantitative estimate of drug-likeness (QED) is 0.601. The summed E-state index contributed by atoms with van der Waals surface area (Å²) in [6, 6.07) is 0. The molecule has 1 aromatic heterocycles. The zero-order valence-electron chi connectivity index (χ0n) is 7.87. The fraction of sp³-hybridized carbons (Fsp3) is 0.500. The Kier molecular flexibility index (Phi) is 2.38. The summed E-state index contributed by atoms with van der Waals surface area (Å²) in [6.07, 6.45) is 0. The van der Waals surface area contributed by atoms with E-state index in [1.54, 1.807) is 14.0 Å². The monoisotopic (exact) mass is 184 g/mol. The smallest absolute Gasteiger partial charge is 0.330 e. The van der Waals surface area contributed by atoms with Crippen LogP contribution in [0.2, 0.25) is 0 Å². The van der Waals surface area contributed by atoms with Crippen LogP contribution in [-0.4, -0.2) is 14.2 Å². The van der Waals surface area contributed by atoms with E-state index < -0.39 is 5.56 Å². The highest BCUT2D eigenvalue weighted by Crippen LogP contribution is 1.96. The van der Waals surface area contributed by atoms with E-state index >= 15 is 0 Å². The molecular weight excluding hydrogens is 172 g/mol. The van der Waals surface area contributed by atoms with Crippen molar-refractivity contribution in [3.63, 3.8) is 0 Å². The van der Waals surface area contributed by atoms with E-state index in [-0.39, 0.29) is 17.9 Å². The minimum Gasteiger partial charge on any atom is -0.391 e. The molecule has 0 aliphatic heterocycles. The second kappa shape index (κ2) is 3.18. The van der Waals surface area contributed by atoms with Crippen molar-refractivity contribution in [2.45, 2.75) is 13.5 Å². The van der Waals surface area contributed by atoms with Crippen molar-refractivity contribution in [3.8, 4) is 0 Å². The van der Waals surface area contributed by atoms with E-state index in [0.29, 0.717) is 5.69 Å². The molecule has 0 saturated heterocycles. The first-order valence-electron chi connectivity index (χ1n) is 3.87. The predicted molar refractivity (Wildman–Crippen MR) is 47.6 cm³/mol. The Morgan fingerprint density at radius 2 is 1.77 bits per heavy atom. The first-order chi connectivity index (χ1) is 6.00. The summed E-state index contributed by atoms with van der Waals surface area (Å²) >= 11 is 0. The third-order valence-corrected chi connectivity index (χ3v) is 2.23. The highest BCUT2D eigenvalue weighted by Gasteiger charge is 2.10. The van der Waals surface area contributed by atoms with Gasteiger partial charge in [-0.25, -0.2) is 4.79 Å². The second-order valence-electron chi connectivity index (χ2n) is 2.93. The van der Waals surface area contributed by atoms with Gasteiger partial charge in [0.15, 0.2) is 0 Å². The SMILES string of the molecule is Cc1c(CO)c(=O)n(C)c(=O)n1C. The van der Waals surface area contributed by atoms with Gasteiger partial charge in [0, 0.05) is 19.8 Å². The van der Waals surface area contributed by atoms with Crippen LogP contribution in [0.1, 0.15) is 11.3 Å². The third kappa shape index (κ3) is 1.31. The average molecular weight is 184 g/mol. The van der Waals surface area contributed by atoms with Gasteiger partial charge >= 0.3 is 5.69 Å². The van der Waals surface area contributed by atoms with Gasteiger partial charge in [-0.1, -0.05) is 0 Å². The Morgan fingerprint density at radius 1 is 1.23 bits per heavy atom. The molecule has 0 spiro atoms. The van der Waals surface area contributed by atoms with Crippen LogP contribution in [0.15, 0.2) is 9.59 Å². The van der Waals surface area contributed by atoms with Crippen LogP contribution in [0.3, 0.4) is 0 Å².